The zero-order chi connectivity index (χ0) is 18.0. The van der Waals surface area contributed by atoms with E-state index in [9.17, 15) is 5.11 Å². The quantitative estimate of drug-likeness (QED) is 0.708. The molecule has 0 saturated carbocycles. The maximum atomic E-state index is 9.26. The number of aromatic nitrogens is 3. The van der Waals surface area contributed by atoms with Gasteiger partial charge in [-0.3, -0.25) is 0 Å². The SMILES string of the molecule is CCOc1ccc2c(C)c(-c3nc(C)nn3CCO)oc2c1OCC. The minimum absolute atomic E-state index is 0.0201. The van der Waals surface area contributed by atoms with Crippen LogP contribution in [0.1, 0.15) is 25.2 Å². The van der Waals surface area contributed by atoms with Crippen molar-refractivity contribution in [1.29, 1.82) is 0 Å². The van der Waals surface area contributed by atoms with Crippen LogP contribution < -0.4 is 9.47 Å². The monoisotopic (exact) mass is 345 g/mol. The van der Waals surface area contributed by atoms with Crippen molar-refractivity contribution < 1.29 is 19.0 Å². The normalized spacial score (nSPS) is 11.2. The van der Waals surface area contributed by atoms with Gasteiger partial charge in [0.1, 0.15) is 5.82 Å². The third kappa shape index (κ3) is 3.07. The van der Waals surface area contributed by atoms with Gasteiger partial charge in [0.2, 0.25) is 5.75 Å². The fourth-order valence-corrected chi connectivity index (χ4v) is 2.88. The van der Waals surface area contributed by atoms with Gasteiger partial charge in [0.05, 0.1) is 26.4 Å². The van der Waals surface area contributed by atoms with Gasteiger partial charge in [-0.1, -0.05) is 0 Å². The van der Waals surface area contributed by atoms with Gasteiger partial charge < -0.3 is 19.0 Å². The van der Waals surface area contributed by atoms with Crippen LogP contribution in [0.5, 0.6) is 11.5 Å². The standard InChI is InChI=1S/C18H23N3O4/c1-5-23-14-8-7-13-11(3)15(25-16(13)17(14)24-6-2)18-19-12(4)20-21(18)9-10-22/h7-8,22H,5-6,9-10H2,1-4H3. The average molecular weight is 345 g/mol. The molecule has 0 aliphatic rings. The summed E-state index contributed by atoms with van der Waals surface area (Å²) < 4.78 is 19.3. The Balaban J connectivity index is 2.21. The Kier molecular flexibility index (Phi) is 4.94. The molecule has 0 unspecified atom stereocenters. The summed E-state index contributed by atoms with van der Waals surface area (Å²) in [4.78, 5) is 4.46. The highest BCUT2D eigenvalue weighted by Gasteiger charge is 2.23. The number of hydrogen-bond donors (Lipinski definition) is 1. The number of furan rings is 1. The first-order valence-electron chi connectivity index (χ1n) is 8.45. The summed E-state index contributed by atoms with van der Waals surface area (Å²) in [6, 6.07) is 3.86. The van der Waals surface area contributed by atoms with Gasteiger partial charge in [-0.15, -0.1) is 0 Å². The summed E-state index contributed by atoms with van der Waals surface area (Å²) in [5.74, 6) is 3.11. The first kappa shape index (κ1) is 17.3. The van der Waals surface area contributed by atoms with Crippen molar-refractivity contribution in [3.63, 3.8) is 0 Å². The molecule has 0 bridgehead atoms. The van der Waals surface area contributed by atoms with Crippen molar-refractivity contribution in [2.45, 2.75) is 34.2 Å². The minimum Gasteiger partial charge on any atom is -0.490 e. The summed E-state index contributed by atoms with van der Waals surface area (Å²) in [6.07, 6.45) is 0. The Hall–Kier alpha value is -2.54. The zero-order valence-corrected chi connectivity index (χ0v) is 15.0. The zero-order valence-electron chi connectivity index (χ0n) is 15.0. The molecule has 0 fully saturated rings. The van der Waals surface area contributed by atoms with Crippen LogP contribution in [-0.4, -0.2) is 39.7 Å². The molecule has 7 heteroatoms. The first-order chi connectivity index (χ1) is 12.1. The number of aryl methyl sites for hydroxylation is 2. The molecule has 0 amide bonds. The topological polar surface area (TPSA) is 82.5 Å². The number of ether oxygens (including phenoxy) is 2. The van der Waals surface area contributed by atoms with E-state index in [4.69, 9.17) is 13.9 Å². The first-order valence-corrected chi connectivity index (χ1v) is 8.45. The van der Waals surface area contributed by atoms with E-state index in [1.165, 1.54) is 0 Å². The van der Waals surface area contributed by atoms with Crippen molar-refractivity contribution in [2.75, 3.05) is 19.8 Å². The third-order valence-corrected chi connectivity index (χ3v) is 3.91. The van der Waals surface area contributed by atoms with Crippen LogP contribution in [0.25, 0.3) is 22.6 Å². The molecule has 0 aliphatic carbocycles. The maximum absolute atomic E-state index is 9.26. The number of benzene rings is 1. The van der Waals surface area contributed by atoms with Crippen molar-refractivity contribution in [2.24, 2.45) is 0 Å². The molecule has 134 valence electrons. The van der Waals surface area contributed by atoms with Crippen molar-refractivity contribution in [1.82, 2.24) is 14.8 Å². The van der Waals surface area contributed by atoms with Gasteiger partial charge in [-0.05, 0) is 39.8 Å². The van der Waals surface area contributed by atoms with E-state index in [2.05, 4.69) is 10.1 Å². The summed E-state index contributed by atoms with van der Waals surface area (Å²) in [6.45, 7) is 9.03. The van der Waals surface area contributed by atoms with Crippen LogP contribution in [0.2, 0.25) is 0 Å². The van der Waals surface area contributed by atoms with Crippen LogP contribution in [0.4, 0.5) is 0 Å². The van der Waals surface area contributed by atoms with E-state index >= 15 is 0 Å². The van der Waals surface area contributed by atoms with Crippen molar-refractivity contribution >= 4 is 11.0 Å². The fraction of sp³-hybridized carbons (Fsp3) is 0.444. The highest BCUT2D eigenvalue weighted by Crippen LogP contribution is 2.42. The number of nitrogens with zero attached hydrogens (tertiary/aromatic N) is 3. The Morgan fingerprint density at radius 1 is 1.16 bits per heavy atom. The van der Waals surface area contributed by atoms with E-state index in [0.717, 1.165) is 10.9 Å². The largest absolute Gasteiger partial charge is 0.490 e. The van der Waals surface area contributed by atoms with Crippen LogP contribution >= 0.6 is 0 Å². The Bertz CT molecular complexity index is 882. The molecule has 0 saturated heterocycles. The molecule has 3 rings (SSSR count). The predicted octanol–water partition coefficient (Wildman–Crippen LogP) is 3.10. The Labute approximate surface area is 146 Å². The number of hydrogen-bond acceptors (Lipinski definition) is 6. The molecule has 25 heavy (non-hydrogen) atoms. The van der Waals surface area contributed by atoms with Crippen LogP contribution in [0, 0.1) is 13.8 Å². The molecule has 0 spiro atoms. The summed E-state index contributed by atoms with van der Waals surface area (Å²) >= 11 is 0. The van der Waals surface area contributed by atoms with Gasteiger partial charge in [-0.2, -0.15) is 5.10 Å². The second-order valence-electron chi connectivity index (χ2n) is 5.62. The average Bonchev–Trinajstić information content (AvgIpc) is 3.11. The number of aliphatic hydroxyl groups is 1. The fourth-order valence-electron chi connectivity index (χ4n) is 2.88. The lowest BCUT2D eigenvalue weighted by molar-refractivity contribution is 0.269. The molecule has 7 nitrogen and oxygen atoms in total. The molecule has 1 N–H and O–H groups in total. The summed E-state index contributed by atoms with van der Waals surface area (Å²) in [5.41, 5.74) is 1.59. The molecule has 2 aromatic heterocycles. The molecule has 0 radical (unpaired) electrons. The van der Waals surface area contributed by atoms with E-state index < -0.39 is 0 Å². The van der Waals surface area contributed by atoms with E-state index in [1.807, 2.05) is 39.8 Å². The summed E-state index contributed by atoms with van der Waals surface area (Å²) in [7, 11) is 0. The predicted molar refractivity (Wildman–Crippen MR) is 94.1 cm³/mol. The maximum Gasteiger partial charge on any atom is 0.204 e. The molecule has 1 aromatic carbocycles. The van der Waals surface area contributed by atoms with Gasteiger partial charge in [0.25, 0.3) is 0 Å². The third-order valence-electron chi connectivity index (χ3n) is 3.91. The second kappa shape index (κ2) is 7.14. The summed E-state index contributed by atoms with van der Waals surface area (Å²) in [5, 5.41) is 14.5. The van der Waals surface area contributed by atoms with Crippen LogP contribution in [0.15, 0.2) is 16.5 Å². The van der Waals surface area contributed by atoms with Crippen LogP contribution in [-0.2, 0) is 6.54 Å². The minimum atomic E-state index is -0.0201. The number of rotatable bonds is 7. The lowest BCUT2D eigenvalue weighted by Gasteiger charge is -2.10. The highest BCUT2D eigenvalue weighted by molar-refractivity contribution is 5.92. The van der Waals surface area contributed by atoms with E-state index in [0.29, 0.717) is 54.2 Å². The van der Waals surface area contributed by atoms with Crippen molar-refractivity contribution in [3.05, 3.63) is 23.5 Å². The van der Waals surface area contributed by atoms with E-state index in [1.54, 1.807) is 4.68 Å². The van der Waals surface area contributed by atoms with Gasteiger partial charge in [0, 0.05) is 10.9 Å². The molecular weight excluding hydrogens is 322 g/mol. The van der Waals surface area contributed by atoms with Crippen LogP contribution in [0.3, 0.4) is 0 Å². The van der Waals surface area contributed by atoms with Gasteiger partial charge in [0.15, 0.2) is 22.9 Å². The Morgan fingerprint density at radius 2 is 1.92 bits per heavy atom. The van der Waals surface area contributed by atoms with Crippen molar-refractivity contribution in [3.8, 4) is 23.1 Å². The molecule has 0 aliphatic heterocycles. The van der Waals surface area contributed by atoms with E-state index in [-0.39, 0.29) is 6.61 Å². The smallest absolute Gasteiger partial charge is 0.204 e. The number of aliphatic hydroxyl groups excluding tert-OH is 1. The highest BCUT2D eigenvalue weighted by atomic mass is 16.5. The molecular formula is C18H23N3O4. The van der Waals surface area contributed by atoms with Gasteiger partial charge in [-0.25, -0.2) is 9.67 Å². The van der Waals surface area contributed by atoms with Gasteiger partial charge >= 0.3 is 0 Å². The molecule has 2 heterocycles. The molecule has 0 atom stereocenters. The Morgan fingerprint density at radius 3 is 2.60 bits per heavy atom. The molecule has 3 aromatic rings. The number of fused-ring (bicyclic) bond motifs is 1. The lowest BCUT2D eigenvalue weighted by atomic mass is 10.1. The lowest BCUT2D eigenvalue weighted by Crippen LogP contribution is -2.06. The second-order valence-corrected chi connectivity index (χ2v) is 5.62.